The predicted molar refractivity (Wildman–Crippen MR) is 107 cm³/mol. The summed E-state index contributed by atoms with van der Waals surface area (Å²) in [6.07, 6.45) is 2.03. The van der Waals surface area contributed by atoms with Crippen molar-refractivity contribution in [3.8, 4) is 17.1 Å². The molecule has 0 amide bonds. The molecule has 132 valence electrons. The number of methoxy groups -OCH3 is 1. The molecule has 2 N–H and O–H groups in total. The lowest BCUT2D eigenvalue weighted by atomic mass is 10.1. The van der Waals surface area contributed by atoms with Gasteiger partial charge in [0.1, 0.15) is 11.6 Å². The molecule has 0 spiro atoms. The van der Waals surface area contributed by atoms with Gasteiger partial charge in [-0.05, 0) is 61.4 Å². The molecule has 5 nitrogen and oxygen atoms in total. The molecule has 4 rings (SSSR count). The van der Waals surface area contributed by atoms with E-state index in [0.717, 1.165) is 49.7 Å². The van der Waals surface area contributed by atoms with E-state index in [1.807, 2.05) is 50.4 Å². The predicted octanol–water partition coefficient (Wildman–Crippen LogP) is 4.42. The van der Waals surface area contributed by atoms with Crippen molar-refractivity contribution in [2.75, 3.05) is 13.4 Å². The molecule has 0 saturated carbocycles. The first-order valence-electron chi connectivity index (χ1n) is 8.27. The molecule has 4 aromatic rings. The number of benzene rings is 2. The highest BCUT2D eigenvalue weighted by atomic mass is 32.2. The highest BCUT2D eigenvalue weighted by molar-refractivity contribution is 7.98. The van der Waals surface area contributed by atoms with Crippen molar-refractivity contribution in [1.82, 2.24) is 15.0 Å². The van der Waals surface area contributed by atoms with Crippen LogP contribution in [0.3, 0.4) is 0 Å². The van der Waals surface area contributed by atoms with Crippen LogP contribution in [0.5, 0.6) is 5.75 Å². The van der Waals surface area contributed by atoms with Gasteiger partial charge in [0.25, 0.3) is 5.56 Å². The Kier molecular flexibility index (Phi) is 4.00. The molecular formula is C20H19N3O2S. The molecule has 2 heterocycles. The molecule has 2 aromatic carbocycles. The van der Waals surface area contributed by atoms with Crippen LogP contribution in [0, 0.1) is 13.8 Å². The highest BCUT2D eigenvalue weighted by Gasteiger charge is 2.14. The van der Waals surface area contributed by atoms with Gasteiger partial charge >= 0.3 is 0 Å². The van der Waals surface area contributed by atoms with Crippen LogP contribution in [0.25, 0.3) is 33.2 Å². The molecule has 0 fully saturated rings. The average molecular weight is 365 g/mol. The molecule has 0 radical (unpaired) electrons. The number of ether oxygens (including phenoxy) is 1. The van der Waals surface area contributed by atoms with E-state index in [1.54, 1.807) is 18.9 Å². The van der Waals surface area contributed by atoms with E-state index < -0.39 is 0 Å². The second-order valence-electron chi connectivity index (χ2n) is 6.27. The minimum Gasteiger partial charge on any atom is -0.496 e. The lowest BCUT2D eigenvalue weighted by Crippen LogP contribution is -2.09. The normalized spacial score (nSPS) is 11.4. The summed E-state index contributed by atoms with van der Waals surface area (Å²) in [6.45, 7) is 3.92. The third kappa shape index (κ3) is 2.57. The number of aryl methyl sites for hydroxylation is 2. The number of nitrogens with one attached hydrogen (secondary N) is 2. The van der Waals surface area contributed by atoms with Gasteiger partial charge in [0.15, 0.2) is 0 Å². The molecule has 6 heteroatoms. The first-order valence-corrected chi connectivity index (χ1v) is 9.49. The van der Waals surface area contributed by atoms with Crippen molar-refractivity contribution < 1.29 is 4.74 Å². The van der Waals surface area contributed by atoms with E-state index in [4.69, 9.17) is 9.72 Å². The first kappa shape index (κ1) is 16.7. The number of nitrogens with zero attached hydrogens (tertiary/aromatic N) is 1. The van der Waals surface area contributed by atoms with Crippen molar-refractivity contribution in [3.63, 3.8) is 0 Å². The number of fused-ring (bicyclic) bond motifs is 2. The smallest absolute Gasteiger partial charge is 0.256 e. The third-order valence-corrected chi connectivity index (χ3v) is 5.52. The Balaban J connectivity index is 1.96. The van der Waals surface area contributed by atoms with E-state index in [9.17, 15) is 4.79 Å². The van der Waals surface area contributed by atoms with E-state index in [-0.39, 0.29) is 5.56 Å². The zero-order chi connectivity index (χ0) is 18.4. The lowest BCUT2D eigenvalue weighted by Gasteiger charge is -2.07. The van der Waals surface area contributed by atoms with Crippen molar-refractivity contribution in [1.29, 1.82) is 0 Å². The second-order valence-corrected chi connectivity index (χ2v) is 7.15. The molecule has 0 saturated heterocycles. The summed E-state index contributed by atoms with van der Waals surface area (Å²) in [7, 11) is 1.66. The van der Waals surface area contributed by atoms with Crippen molar-refractivity contribution in [2.45, 2.75) is 18.7 Å². The number of hydrogen-bond donors (Lipinski definition) is 2. The Labute approximate surface area is 154 Å². The Hall–Kier alpha value is -2.73. The summed E-state index contributed by atoms with van der Waals surface area (Å²) in [5.74, 6) is 1.50. The summed E-state index contributed by atoms with van der Waals surface area (Å²) >= 11 is 1.66. The Morgan fingerprint density at radius 3 is 2.62 bits per heavy atom. The summed E-state index contributed by atoms with van der Waals surface area (Å²) in [4.78, 5) is 24.4. The van der Waals surface area contributed by atoms with Gasteiger partial charge in [-0.2, -0.15) is 0 Å². The van der Waals surface area contributed by atoms with Gasteiger partial charge in [0.2, 0.25) is 0 Å². The van der Waals surface area contributed by atoms with Crippen LogP contribution in [0.4, 0.5) is 0 Å². The van der Waals surface area contributed by atoms with Gasteiger partial charge in [-0.3, -0.25) is 4.79 Å². The van der Waals surface area contributed by atoms with Gasteiger partial charge in [-0.25, -0.2) is 4.98 Å². The first-order chi connectivity index (χ1) is 12.5. The minimum atomic E-state index is -0.0805. The molecule has 0 aliphatic rings. The van der Waals surface area contributed by atoms with Crippen LogP contribution in [-0.4, -0.2) is 28.3 Å². The molecule has 0 atom stereocenters. The molecule has 0 aliphatic carbocycles. The van der Waals surface area contributed by atoms with Gasteiger partial charge in [0, 0.05) is 16.0 Å². The lowest BCUT2D eigenvalue weighted by molar-refractivity contribution is 0.415. The van der Waals surface area contributed by atoms with Crippen LogP contribution in [-0.2, 0) is 0 Å². The third-order valence-electron chi connectivity index (χ3n) is 4.80. The fourth-order valence-electron chi connectivity index (χ4n) is 3.21. The van der Waals surface area contributed by atoms with Crippen LogP contribution in [0.1, 0.15) is 11.3 Å². The Morgan fingerprint density at radius 2 is 1.88 bits per heavy atom. The number of aromatic amines is 2. The van der Waals surface area contributed by atoms with E-state index in [1.165, 1.54) is 0 Å². The molecule has 0 unspecified atom stereocenters. The number of pyridine rings is 1. The molecule has 0 bridgehead atoms. The van der Waals surface area contributed by atoms with Gasteiger partial charge < -0.3 is 14.7 Å². The summed E-state index contributed by atoms with van der Waals surface area (Å²) in [5.41, 5.74) is 4.42. The maximum atomic E-state index is 12.3. The van der Waals surface area contributed by atoms with Crippen LogP contribution in [0.2, 0.25) is 0 Å². The SMILES string of the molecule is COc1cc(SC)ccc1-c1nc2cc3c(C)c(C)[nH]c(=O)c3cc2[nH]1. The highest BCUT2D eigenvalue weighted by Crippen LogP contribution is 2.33. The number of imidazole rings is 1. The summed E-state index contributed by atoms with van der Waals surface area (Å²) < 4.78 is 5.54. The molecular weight excluding hydrogens is 346 g/mol. The zero-order valence-corrected chi connectivity index (χ0v) is 15.9. The fourth-order valence-corrected chi connectivity index (χ4v) is 3.64. The molecule has 26 heavy (non-hydrogen) atoms. The largest absolute Gasteiger partial charge is 0.496 e. The van der Waals surface area contributed by atoms with Crippen molar-refractivity contribution in [2.24, 2.45) is 0 Å². The Bertz CT molecular complexity index is 1210. The minimum absolute atomic E-state index is 0.0805. The number of aromatic nitrogens is 3. The average Bonchev–Trinajstić information content (AvgIpc) is 3.07. The van der Waals surface area contributed by atoms with Gasteiger partial charge in [-0.1, -0.05) is 0 Å². The standard InChI is InChI=1S/C20H19N3O2S/c1-10-11(2)21-20(24)15-9-17-16(8-14(10)15)22-19(23-17)13-6-5-12(26-4)7-18(13)25-3/h5-9H,1-4H3,(H,21,24)(H,22,23). The number of H-pyrrole nitrogens is 2. The van der Waals surface area contributed by atoms with Crippen molar-refractivity contribution >= 4 is 33.6 Å². The molecule has 0 aliphatic heterocycles. The van der Waals surface area contributed by atoms with E-state index >= 15 is 0 Å². The van der Waals surface area contributed by atoms with E-state index in [2.05, 4.69) is 9.97 Å². The maximum Gasteiger partial charge on any atom is 0.256 e. The van der Waals surface area contributed by atoms with Crippen LogP contribution in [0.15, 0.2) is 40.0 Å². The van der Waals surface area contributed by atoms with E-state index in [0.29, 0.717) is 5.39 Å². The van der Waals surface area contributed by atoms with Gasteiger partial charge in [-0.15, -0.1) is 11.8 Å². The van der Waals surface area contributed by atoms with Gasteiger partial charge in [0.05, 0.1) is 23.7 Å². The summed E-state index contributed by atoms with van der Waals surface area (Å²) in [5, 5.41) is 1.60. The van der Waals surface area contributed by atoms with Crippen LogP contribution >= 0.6 is 11.8 Å². The topological polar surface area (TPSA) is 70.8 Å². The van der Waals surface area contributed by atoms with Crippen molar-refractivity contribution in [3.05, 3.63) is 51.9 Å². The number of hydrogen-bond acceptors (Lipinski definition) is 4. The fraction of sp³-hybridized carbons (Fsp3) is 0.200. The quantitative estimate of drug-likeness (QED) is 0.527. The number of thioether (sulfide) groups is 1. The maximum absolute atomic E-state index is 12.3. The second kappa shape index (κ2) is 6.21. The van der Waals surface area contributed by atoms with Crippen LogP contribution < -0.4 is 10.3 Å². The zero-order valence-electron chi connectivity index (χ0n) is 15.1. The Morgan fingerprint density at radius 1 is 1.08 bits per heavy atom. The molecule has 2 aromatic heterocycles. The number of rotatable bonds is 3. The summed E-state index contributed by atoms with van der Waals surface area (Å²) in [6, 6.07) is 9.90. The monoisotopic (exact) mass is 365 g/mol.